The number of anilines is 1. The summed E-state index contributed by atoms with van der Waals surface area (Å²) in [5.74, 6) is 3.29. The van der Waals surface area contributed by atoms with Gasteiger partial charge in [0.05, 0.1) is 7.11 Å². The van der Waals surface area contributed by atoms with Crippen molar-refractivity contribution in [2.24, 2.45) is 0 Å². The maximum atomic E-state index is 5.26. The molecule has 1 aromatic carbocycles. The highest BCUT2D eigenvalue weighted by atomic mass is 32.2. The molecule has 1 heterocycles. The largest absolute Gasteiger partial charge is 0.493 e. The maximum Gasteiger partial charge on any atom is 0.174 e. The van der Waals surface area contributed by atoms with Crippen molar-refractivity contribution in [1.82, 2.24) is 10.3 Å². The molecule has 0 fully saturated rings. The third kappa shape index (κ3) is 5.54. The predicted molar refractivity (Wildman–Crippen MR) is 97.6 cm³/mol. The zero-order valence-electron chi connectivity index (χ0n) is 12.4. The molecule has 4 nitrogen and oxygen atoms in total. The van der Waals surface area contributed by atoms with E-state index in [-0.39, 0.29) is 0 Å². The van der Waals surface area contributed by atoms with Crippen LogP contribution in [0.2, 0.25) is 0 Å². The lowest BCUT2D eigenvalue weighted by molar-refractivity contribution is 0.415. The number of nitrogens with zero attached hydrogens (tertiary/aromatic N) is 1. The second kappa shape index (κ2) is 9.27. The number of ether oxygens (including phenoxy) is 1. The van der Waals surface area contributed by atoms with Gasteiger partial charge in [0.25, 0.3) is 0 Å². The highest BCUT2D eigenvalue weighted by molar-refractivity contribution is 7.98. The number of aromatic nitrogens is 1. The summed E-state index contributed by atoms with van der Waals surface area (Å²) in [5.41, 5.74) is 1.34. The van der Waals surface area contributed by atoms with Crippen molar-refractivity contribution >= 4 is 34.9 Å². The Hall–Kier alpha value is -1.79. The molecular weight excluding hydrogens is 314 g/mol. The molecule has 0 bridgehead atoms. The van der Waals surface area contributed by atoms with Crippen LogP contribution in [0.15, 0.2) is 48.7 Å². The van der Waals surface area contributed by atoms with E-state index in [0.717, 1.165) is 18.1 Å². The summed E-state index contributed by atoms with van der Waals surface area (Å²) in [6.07, 6.45) is 1.70. The van der Waals surface area contributed by atoms with Crippen molar-refractivity contribution in [1.29, 1.82) is 0 Å². The zero-order valence-corrected chi connectivity index (χ0v) is 14.0. The van der Waals surface area contributed by atoms with Crippen LogP contribution in [0.25, 0.3) is 0 Å². The molecule has 0 spiro atoms. The van der Waals surface area contributed by atoms with Crippen LogP contribution in [0.3, 0.4) is 0 Å². The average Bonchev–Trinajstić information content (AvgIpc) is 2.56. The van der Waals surface area contributed by atoms with E-state index in [4.69, 9.17) is 17.0 Å². The monoisotopic (exact) mass is 333 g/mol. The molecule has 0 aliphatic rings. The number of methoxy groups -OCH3 is 1. The second-order valence-corrected chi connectivity index (χ2v) is 5.99. The quantitative estimate of drug-likeness (QED) is 0.599. The number of hydrogen-bond donors (Lipinski definition) is 2. The van der Waals surface area contributed by atoms with Crippen LogP contribution in [-0.4, -0.2) is 29.5 Å². The van der Waals surface area contributed by atoms with E-state index in [1.54, 1.807) is 13.3 Å². The number of thioether (sulfide) groups is 1. The van der Waals surface area contributed by atoms with Crippen LogP contribution in [0.5, 0.6) is 5.75 Å². The first-order valence-corrected chi connectivity index (χ1v) is 8.51. The molecule has 1 aromatic heterocycles. The Morgan fingerprint density at radius 3 is 2.82 bits per heavy atom. The minimum Gasteiger partial charge on any atom is -0.493 e. The third-order valence-corrected chi connectivity index (χ3v) is 4.14. The summed E-state index contributed by atoms with van der Waals surface area (Å²) in [6, 6.07) is 14.1. The van der Waals surface area contributed by atoms with E-state index in [2.05, 4.69) is 39.9 Å². The molecule has 0 saturated carbocycles. The Bertz CT molecular complexity index is 593. The summed E-state index contributed by atoms with van der Waals surface area (Å²) in [6.45, 7) is 0.804. The number of nitrogens with one attached hydrogen (secondary N) is 2. The van der Waals surface area contributed by atoms with E-state index >= 15 is 0 Å². The van der Waals surface area contributed by atoms with Gasteiger partial charge < -0.3 is 15.4 Å². The van der Waals surface area contributed by atoms with Gasteiger partial charge in [-0.25, -0.2) is 4.98 Å². The van der Waals surface area contributed by atoms with Crippen molar-refractivity contribution < 1.29 is 4.74 Å². The SMILES string of the molecule is COc1cccnc1NC(=S)NCCSCc1ccccc1. The Morgan fingerprint density at radius 2 is 2.05 bits per heavy atom. The van der Waals surface area contributed by atoms with Crippen molar-refractivity contribution in [3.8, 4) is 5.75 Å². The van der Waals surface area contributed by atoms with Crippen molar-refractivity contribution in [3.05, 3.63) is 54.2 Å². The molecule has 0 aliphatic heterocycles. The number of benzene rings is 1. The molecule has 22 heavy (non-hydrogen) atoms. The molecule has 116 valence electrons. The van der Waals surface area contributed by atoms with E-state index in [9.17, 15) is 0 Å². The normalized spacial score (nSPS) is 10.0. The van der Waals surface area contributed by atoms with E-state index < -0.39 is 0 Å². The number of hydrogen-bond acceptors (Lipinski definition) is 4. The number of rotatable bonds is 7. The number of thiocarbonyl (C=S) groups is 1. The molecule has 0 atom stereocenters. The summed E-state index contributed by atoms with van der Waals surface area (Å²) in [4.78, 5) is 4.20. The first-order valence-electron chi connectivity index (χ1n) is 6.95. The Labute approximate surface area is 140 Å². The second-order valence-electron chi connectivity index (χ2n) is 4.47. The Kier molecular flexibility index (Phi) is 6.99. The van der Waals surface area contributed by atoms with Gasteiger partial charge in [0.15, 0.2) is 16.7 Å². The van der Waals surface area contributed by atoms with Gasteiger partial charge in [-0.3, -0.25) is 0 Å². The molecule has 0 saturated heterocycles. The average molecular weight is 333 g/mol. The van der Waals surface area contributed by atoms with Crippen LogP contribution < -0.4 is 15.4 Å². The maximum absolute atomic E-state index is 5.26. The molecular formula is C16H19N3OS2. The fourth-order valence-electron chi connectivity index (χ4n) is 1.80. The molecule has 6 heteroatoms. The van der Waals surface area contributed by atoms with E-state index in [1.165, 1.54) is 5.56 Å². The van der Waals surface area contributed by atoms with E-state index in [0.29, 0.717) is 16.7 Å². The molecule has 0 aliphatic carbocycles. The fourth-order valence-corrected chi connectivity index (χ4v) is 2.82. The highest BCUT2D eigenvalue weighted by Crippen LogP contribution is 2.19. The van der Waals surface area contributed by atoms with Gasteiger partial charge in [-0.1, -0.05) is 30.3 Å². The molecule has 2 N–H and O–H groups in total. The summed E-state index contributed by atoms with van der Waals surface area (Å²) in [5, 5.41) is 6.77. The Balaban J connectivity index is 1.65. The van der Waals surface area contributed by atoms with Crippen LogP contribution in [0.1, 0.15) is 5.56 Å². The van der Waals surface area contributed by atoms with Gasteiger partial charge in [0.2, 0.25) is 0 Å². The van der Waals surface area contributed by atoms with Crippen LogP contribution in [0.4, 0.5) is 5.82 Å². The van der Waals surface area contributed by atoms with Gasteiger partial charge >= 0.3 is 0 Å². The minimum absolute atomic E-state index is 0.553. The van der Waals surface area contributed by atoms with Crippen LogP contribution in [-0.2, 0) is 5.75 Å². The molecule has 2 rings (SSSR count). The smallest absolute Gasteiger partial charge is 0.174 e. The van der Waals surface area contributed by atoms with Crippen molar-refractivity contribution in [2.75, 3.05) is 24.7 Å². The third-order valence-electron chi connectivity index (χ3n) is 2.87. The first-order chi connectivity index (χ1) is 10.8. The van der Waals surface area contributed by atoms with Gasteiger partial charge in [-0.2, -0.15) is 11.8 Å². The van der Waals surface area contributed by atoms with Crippen molar-refractivity contribution in [2.45, 2.75) is 5.75 Å². The Morgan fingerprint density at radius 1 is 1.23 bits per heavy atom. The topological polar surface area (TPSA) is 46.2 Å². The zero-order chi connectivity index (χ0) is 15.6. The summed E-state index contributed by atoms with van der Waals surface area (Å²) < 4.78 is 5.22. The van der Waals surface area contributed by atoms with Crippen LogP contribution in [0, 0.1) is 0 Å². The fraction of sp³-hybridized carbons (Fsp3) is 0.250. The van der Waals surface area contributed by atoms with Crippen LogP contribution >= 0.6 is 24.0 Å². The molecule has 0 radical (unpaired) electrons. The lowest BCUT2D eigenvalue weighted by atomic mass is 10.2. The number of pyridine rings is 1. The lowest BCUT2D eigenvalue weighted by Gasteiger charge is -2.12. The van der Waals surface area contributed by atoms with Gasteiger partial charge in [0.1, 0.15) is 0 Å². The molecule has 0 amide bonds. The lowest BCUT2D eigenvalue weighted by Crippen LogP contribution is -2.30. The highest BCUT2D eigenvalue weighted by Gasteiger charge is 2.04. The predicted octanol–water partition coefficient (Wildman–Crippen LogP) is 3.31. The first kappa shape index (κ1) is 16.6. The van der Waals surface area contributed by atoms with Gasteiger partial charge in [-0.05, 0) is 29.9 Å². The van der Waals surface area contributed by atoms with E-state index in [1.807, 2.05) is 30.0 Å². The summed E-state index contributed by atoms with van der Waals surface area (Å²) >= 11 is 7.13. The summed E-state index contributed by atoms with van der Waals surface area (Å²) in [7, 11) is 1.61. The minimum atomic E-state index is 0.553. The van der Waals surface area contributed by atoms with Gasteiger partial charge in [-0.15, -0.1) is 0 Å². The van der Waals surface area contributed by atoms with Crippen molar-refractivity contribution in [3.63, 3.8) is 0 Å². The van der Waals surface area contributed by atoms with Gasteiger partial charge in [0, 0.05) is 24.2 Å². The molecule has 2 aromatic rings. The molecule has 0 unspecified atom stereocenters. The standard InChI is InChI=1S/C16H19N3OS2/c1-20-14-8-5-9-17-15(14)19-16(21)18-10-11-22-12-13-6-3-2-4-7-13/h2-9H,10-12H2,1H3,(H2,17,18,19,21).